The maximum absolute atomic E-state index is 12.2. The van der Waals surface area contributed by atoms with E-state index < -0.39 is 11.5 Å². The Labute approximate surface area is 165 Å². The number of hydrogen-bond acceptors (Lipinski definition) is 7. The van der Waals surface area contributed by atoms with Gasteiger partial charge in [-0.3, -0.25) is 4.79 Å². The number of nitrogens with zero attached hydrogens (tertiary/aromatic N) is 2. The molecule has 0 aliphatic carbocycles. The lowest BCUT2D eigenvalue weighted by Gasteiger charge is -2.14. The largest absolute Gasteiger partial charge is 0.507 e. The molecule has 2 aromatic carbocycles. The number of H-pyrrole nitrogens is 1. The van der Waals surface area contributed by atoms with Crippen LogP contribution >= 0.6 is 0 Å². The van der Waals surface area contributed by atoms with E-state index in [4.69, 9.17) is 10.5 Å². The number of methoxy groups -OCH3 is 1. The Morgan fingerprint density at radius 3 is 2.41 bits per heavy atom. The molecular weight excluding hydrogens is 372 g/mol. The number of para-hydroxylation sites is 1. The third kappa shape index (κ3) is 3.27. The van der Waals surface area contributed by atoms with Gasteiger partial charge in [-0.1, -0.05) is 30.3 Å². The number of phenols is 1. The lowest BCUT2D eigenvalue weighted by molar-refractivity contribution is 0.0601. The average molecular weight is 386 g/mol. The van der Waals surface area contributed by atoms with Gasteiger partial charge >= 0.3 is 5.97 Å². The molecule has 4 N–H and O–H groups in total. The SMILES string of the molecule is COC(=O)c1cccc(-c2cccc(-c3c(C#N)c(N)[nH]c(=O)c3C#N)c2O)c1. The van der Waals surface area contributed by atoms with Gasteiger partial charge in [-0.15, -0.1) is 0 Å². The first-order valence-electron chi connectivity index (χ1n) is 8.30. The number of aromatic hydroxyl groups is 1. The number of carbonyl (C=O) groups excluding carboxylic acids is 1. The summed E-state index contributed by atoms with van der Waals surface area (Å²) in [6.07, 6.45) is 0. The number of phenolic OH excluding ortho intramolecular Hbond substituents is 1. The van der Waals surface area contributed by atoms with Crippen LogP contribution in [-0.2, 0) is 4.74 Å². The lowest BCUT2D eigenvalue weighted by atomic mass is 9.92. The highest BCUT2D eigenvalue weighted by molar-refractivity contribution is 5.93. The molecule has 8 nitrogen and oxygen atoms in total. The normalized spacial score (nSPS) is 10.0. The summed E-state index contributed by atoms with van der Waals surface area (Å²) in [6.45, 7) is 0. The molecular formula is C21H14N4O4. The fraction of sp³-hybridized carbons (Fsp3) is 0.0476. The van der Waals surface area contributed by atoms with E-state index in [9.17, 15) is 25.2 Å². The quantitative estimate of drug-likeness (QED) is 0.584. The number of nitrogen functional groups attached to an aromatic ring is 1. The Morgan fingerprint density at radius 1 is 1.10 bits per heavy atom. The molecule has 29 heavy (non-hydrogen) atoms. The predicted molar refractivity (Wildman–Crippen MR) is 105 cm³/mol. The number of carbonyl (C=O) groups is 1. The molecule has 0 atom stereocenters. The summed E-state index contributed by atoms with van der Waals surface area (Å²) in [5.41, 5.74) is 5.66. The monoisotopic (exact) mass is 386 g/mol. The minimum Gasteiger partial charge on any atom is -0.507 e. The topological polar surface area (TPSA) is 153 Å². The molecule has 0 spiro atoms. The van der Waals surface area contributed by atoms with E-state index in [1.807, 2.05) is 6.07 Å². The lowest BCUT2D eigenvalue weighted by Crippen LogP contribution is -2.16. The van der Waals surface area contributed by atoms with Crippen molar-refractivity contribution in [2.24, 2.45) is 0 Å². The highest BCUT2D eigenvalue weighted by Gasteiger charge is 2.22. The van der Waals surface area contributed by atoms with Crippen LogP contribution in [0, 0.1) is 22.7 Å². The minimum atomic E-state index is -0.767. The Morgan fingerprint density at radius 2 is 1.76 bits per heavy atom. The number of pyridine rings is 1. The minimum absolute atomic E-state index is 0.0558. The van der Waals surface area contributed by atoms with Crippen LogP contribution in [-0.4, -0.2) is 23.2 Å². The van der Waals surface area contributed by atoms with Gasteiger partial charge < -0.3 is 20.6 Å². The summed E-state index contributed by atoms with van der Waals surface area (Å²) in [5, 5.41) is 29.8. The summed E-state index contributed by atoms with van der Waals surface area (Å²) in [7, 11) is 1.26. The number of benzene rings is 2. The molecule has 1 aromatic heterocycles. The third-order valence-corrected chi connectivity index (χ3v) is 4.37. The molecule has 0 bridgehead atoms. The molecule has 0 aliphatic rings. The average Bonchev–Trinajstić information content (AvgIpc) is 2.73. The molecule has 0 amide bonds. The van der Waals surface area contributed by atoms with E-state index in [1.54, 1.807) is 36.4 Å². The molecule has 0 fully saturated rings. The fourth-order valence-corrected chi connectivity index (χ4v) is 3.02. The van der Waals surface area contributed by atoms with E-state index in [0.717, 1.165) is 0 Å². The summed E-state index contributed by atoms with van der Waals surface area (Å²) >= 11 is 0. The van der Waals surface area contributed by atoms with Crippen molar-refractivity contribution in [3.05, 3.63) is 69.5 Å². The number of nitrogens with two attached hydrogens (primary N) is 1. The molecule has 0 unspecified atom stereocenters. The van der Waals surface area contributed by atoms with Crippen LogP contribution in [0.3, 0.4) is 0 Å². The van der Waals surface area contributed by atoms with Gasteiger partial charge in [0.05, 0.1) is 12.7 Å². The van der Waals surface area contributed by atoms with E-state index >= 15 is 0 Å². The Hall–Kier alpha value is -4.56. The number of hydrogen-bond donors (Lipinski definition) is 3. The third-order valence-electron chi connectivity index (χ3n) is 4.37. The van der Waals surface area contributed by atoms with Gasteiger partial charge in [0.2, 0.25) is 0 Å². The van der Waals surface area contributed by atoms with E-state index in [0.29, 0.717) is 11.1 Å². The number of esters is 1. The number of ether oxygens (including phenoxy) is 1. The number of nitrogens with one attached hydrogen (secondary N) is 1. The van der Waals surface area contributed by atoms with Crippen LogP contribution in [0.15, 0.2) is 47.3 Å². The van der Waals surface area contributed by atoms with Crippen LogP contribution in [0.25, 0.3) is 22.3 Å². The van der Waals surface area contributed by atoms with Crippen molar-refractivity contribution < 1.29 is 14.6 Å². The van der Waals surface area contributed by atoms with Gasteiger partial charge in [-0.25, -0.2) is 4.79 Å². The number of nitriles is 2. The Bertz CT molecular complexity index is 1280. The molecule has 0 aliphatic heterocycles. The zero-order valence-corrected chi connectivity index (χ0v) is 15.2. The molecule has 8 heteroatoms. The molecule has 0 saturated heterocycles. The van der Waals surface area contributed by atoms with Crippen molar-refractivity contribution in [2.45, 2.75) is 0 Å². The summed E-state index contributed by atoms with van der Waals surface area (Å²) in [6, 6.07) is 14.7. The van der Waals surface area contributed by atoms with Gasteiger partial charge in [0.25, 0.3) is 5.56 Å². The first kappa shape index (κ1) is 19.2. The Balaban J connectivity index is 2.31. The van der Waals surface area contributed by atoms with Crippen molar-refractivity contribution in [1.82, 2.24) is 4.98 Å². The second-order valence-corrected chi connectivity index (χ2v) is 5.99. The zero-order chi connectivity index (χ0) is 21.1. The first-order valence-corrected chi connectivity index (χ1v) is 8.30. The van der Waals surface area contributed by atoms with E-state index in [1.165, 1.54) is 19.2 Å². The van der Waals surface area contributed by atoms with Crippen LogP contribution in [0.2, 0.25) is 0 Å². The van der Waals surface area contributed by atoms with Gasteiger partial charge in [-0.2, -0.15) is 10.5 Å². The second kappa shape index (κ2) is 7.59. The Kier molecular flexibility index (Phi) is 5.03. The van der Waals surface area contributed by atoms with Crippen molar-refractivity contribution in [3.8, 4) is 40.1 Å². The number of aromatic amines is 1. The number of aromatic nitrogens is 1. The predicted octanol–water partition coefficient (Wildman–Crippen LogP) is 2.53. The maximum atomic E-state index is 12.2. The van der Waals surface area contributed by atoms with Crippen molar-refractivity contribution >= 4 is 11.8 Å². The van der Waals surface area contributed by atoms with Crippen molar-refractivity contribution in [3.63, 3.8) is 0 Å². The van der Waals surface area contributed by atoms with Gasteiger partial charge in [-0.05, 0) is 17.7 Å². The molecule has 1 heterocycles. The van der Waals surface area contributed by atoms with Gasteiger partial charge in [0, 0.05) is 16.7 Å². The summed E-state index contributed by atoms with van der Waals surface area (Å²) in [4.78, 5) is 26.2. The zero-order valence-electron chi connectivity index (χ0n) is 15.2. The molecule has 0 saturated carbocycles. The van der Waals surface area contributed by atoms with Gasteiger partial charge in [0.15, 0.2) is 0 Å². The first-order chi connectivity index (χ1) is 13.9. The molecule has 142 valence electrons. The highest BCUT2D eigenvalue weighted by Crippen LogP contribution is 2.40. The highest BCUT2D eigenvalue weighted by atomic mass is 16.5. The van der Waals surface area contributed by atoms with Crippen LogP contribution in [0.1, 0.15) is 21.5 Å². The number of anilines is 1. The van der Waals surface area contributed by atoms with E-state index in [2.05, 4.69) is 4.98 Å². The second-order valence-electron chi connectivity index (χ2n) is 5.99. The van der Waals surface area contributed by atoms with Crippen LogP contribution < -0.4 is 11.3 Å². The maximum Gasteiger partial charge on any atom is 0.337 e. The van der Waals surface area contributed by atoms with Gasteiger partial charge in [0.1, 0.15) is 34.8 Å². The van der Waals surface area contributed by atoms with Crippen LogP contribution in [0.5, 0.6) is 5.75 Å². The van der Waals surface area contributed by atoms with Crippen LogP contribution in [0.4, 0.5) is 5.82 Å². The fourth-order valence-electron chi connectivity index (χ4n) is 3.02. The van der Waals surface area contributed by atoms with Crippen molar-refractivity contribution in [1.29, 1.82) is 10.5 Å². The summed E-state index contributed by atoms with van der Waals surface area (Å²) in [5.74, 6) is -1.01. The van der Waals surface area contributed by atoms with Crippen molar-refractivity contribution in [2.75, 3.05) is 12.8 Å². The molecule has 3 rings (SSSR count). The van der Waals surface area contributed by atoms with E-state index in [-0.39, 0.29) is 39.4 Å². The molecule has 0 radical (unpaired) electrons. The smallest absolute Gasteiger partial charge is 0.337 e. The standard InChI is InChI=1S/C21H14N4O4/c1-29-21(28)12-5-2-4-11(8-12)13-6-3-7-14(18(13)26)17-15(9-22)19(24)25-20(27)16(17)10-23/h2-8,26H,1H3,(H3,24,25,27). The molecule has 3 aromatic rings. The number of rotatable bonds is 3. The summed E-state index contributed by atoms with van der Waals surface area (Å²) < 4.78 is 4.71.